The first-order valence-corrected chi connectivity index (χ1v) is 5.02. The minimum Gasteiger partial charge on any atom is -0.358 e. The van der Waals surface area contributed by atoms with E-state index in [1.807, 2.05) is 13.8 Å². The number of H-pyrrole nitrogens is 1. The second-order valence-electron chi connectivity index (χ2n) is 3.86. The summed E-state index contributed by atoms with van der Waals surface area (Å²) in [6.07, 6.45) is 5.84. The van der Waals surface area contributed by atoms with Gasteiger partial charge in [-0.15, -0.1) is 0 Å². The highest BCUT2D eigenvalue weighted by Crippen LogP contribution is 2.31. The number of nitriles is 1. The van der Waals surface area contributed by atoms with Gasteiger partial charge in [-0.25, -0.2) is 0 Å². The van der Waals surface area contributed by atoms with E-state index in [1.165, 1.54) is 24.1 Å². The van der Waals surface area contributed by atoms with Crippen molar-refractivity contribution in [3.05, 3.63) is 28.6 Å². The molecule has 14 heavy (non-hydrogen) atoms. The largest absolute Gasteiger partial charge is 0.358 e. The molecule has 0 radical (unpaired) electrons. The van der Waals surface area contributed by atoms with Gasteiger partial charge in [0.05, 0.1) is 5.56 Å². The predicted molar refractivity (Wildman–Crippen MR) is 56.8 cm³/mol. The third kappa shape index (κ3) is 1.26. The summed E-state index contributed by atoms with van der Waals surface area (Å²) < 4.78 is 0. The highest BCUT2D eigenvalue weighted by molar-refractivity contribution is 5.70. The summed E-state index contributed by atoms with van der Waals surface area (Å²) in [5.74, 6) is 0. The zero-order chi connectivity index (χ0) is 10.1. The number of hydrogen-bond acceptors (Lipinski definition) is 1. The first kappa shape index (κ1) is 9.08. The Bertz CT molecular complexity index is 430. The number of hydrogen-bond donors (Lipinski definition) is 1. The zero-order valence-electron chi connectivity index (χ0n) is 8.65. The van der Waals surface area contributed by atoms with E-state index in [4.69, 9.17) is 5.26 Å². The van der Waals surface area contributed by atoms with Gasteiger partial charge in [0.15, 0.2) is 0 Å². The smallest absolute Gasteiger partial charge is 0.101 e. The quantitative estimate of drug-likeness (QED) is 0.719. The zero-order valence-corrected chi connectivity index (χ0v) is 8.65. The molecule has 2 nitrogen and oxygen atoms in total. The third-order valence-electron chi connectivity index (χ3n) is 2.91. The Kier molecular flexibility index (Phi) is 2.17. The fourth-order valence-corrected chi connectivity index (χ4v) is 2.14. The van der Waals surface area contributed by atoms with Crippen molar-refractivity contribution in [3.63, 3.8) is 0 Å². The molecule has 0 fully saturated rings. The fraction of sp³-hybridized carbons (Fsp3) is 0.417. The molecule has 72 valence electrons. The van der Waals surface area contributed by atoms with Gasteiger partial charge in [-0.3, -0.25) is 0 Å². The Morgan fingerprint density at radius 2 is 2.21 bits per heavy atom. The summed E-state index contributed by atoms with van der Waals surface area (Å²) in [5, 5.41) is 8.97. The molecule has 0 amide bonds. The van der Waals surface area contributed by atoms with Gasteiger partial charge < -0.3 is 4.98 Å². The standard InChI is InChI=1S/C12H14N2/c1-8-11(7-13)9(2)14-12(8)10-5-3-4-6-10/h5,14H,3-4,6H2,1-2H3. The summed E-state index contributed by atoms with van der Waals surface area (Å²) in [5.41, 5.74) is 5.47. The topological polar surface area (TPSA) is 39.6 Å². The van der Waals surface area contributed by atoms with E-state index in [9.17, 15) is 0 Å². The van der Waals surface area contributed by atoms with Crippen molar-refractivity contribution in [2.24, 2.45) is 0 Å². The van der Waals surface area contributed by atoms with E-state index in [2.05, 4.69) is 17.1 Å². The maximum Gasteiger partial charge on any atom is 0.101 e. The number of allylic oxidation sites excluding steroid dienone is 2. The summed E-state index contributed by atoms with van der Waals surface area (Å²) >= 11 is 0. The van der Waals surface area contributed by atoms with Gasteiger partial charge in [-0.2, -0.15) is 5.26 Å². The van der Waals surface area contributed by atoms with Crippen LogP contribution in [0.1, 0.15) is 41.8 Å². The molecule has 1 aromatic rings. The van der Waals surface area contributed by atoms with E-state index < -0.39 is 0 Å². The van der Waals surface area contributed by atoms with E-state index in [0.717, 1.165) is 23.2 Å². The van der Waals surface area contributed by atoms with Crippen LogP contribution in [-0.2, 0) is 0 Å². The molecule has 2 heteroatoms. The molecule has 1 heterocycles. The van der Waals surface area contributed by atoms with E-state index in [-0.39, 0.29) is 0 Å². The van der Waals surface area contributed by atoms with Crippen LogP contribution in [0.25, 0.3) is 5.57 Å². The van der Waals surface area contributed by atoms with Crippen molar-refractivity contribution >= 4 is 5.57 Å². The fourth-order valence-electron chi connectivity index (χ4n) is 2.14. The van der Waals surface area contributed by atoms with Crippen LogP contribution in [0, 0.1) is 25.2 Å². The average Bonchev–Trinajstić information content (AvgIpc) is 2.74. The molecule has 0 bridgehead atoms. The summed E-state index contributed by atoms with van der Waals surface area (Å²) in [4.78, 5) is 3.32. The van der Waals surface area contributed by atoms with Crippen molar-refractivity contribution in [2.45, 2.75) is 33.1 Å². The highest BCUT2D eigenvalue weighted by Gasteiger charge is 2.15. The molecule has 1 N–H and O–H groups in total. The van der Waals surface area contributed by atoms with Gasteiger partial charge in [0.1, 0.15) is 6.07 Å². The second-order valence-corrected chi connectivity index (χ2v) is 3.86. The van der Waals surface area contributed by atoms with Crippen molar-refractivity contribution in [2.75, 3.05) is 0 Å². The van der Waals surface area contributed by atoms with Gasteiger partial charge in [0.25, 0.3) is 0 Å². The third-order valence-corrected chi connectivity index (χ3v) is 2.91. The number of nitrogens with one attached hydrogen (secondary N) is 1. The molecule has 0 unspecified atom stereocenters. The van der Waals surface area contributed by atoms with Crippen molar-refractivity contribution in [1.82, 2.24) is 4.98 Å². The molecule has 1 aliphatic rings. The van der Waals surface area contributed by atoms with E-state index in [0.29, 0.717) is 0 Å². The Morgan fingerprint density at radius 1 is 1.43 bits per heavy atom. The van der Waals surface area contributed by atoms with Crippen molar-refractivity contribution in [1.29, 1.82) is 5.26 Å². The Hall–Kier alpha value is -1.49. The molecular weight excluding hydrogens is 172 g/mol. The SMILES string of the molecule is Cc1[nH]c(C2=CCCC2)c(C)c1C#N. The number of aryl methyl sites for hydroxylation is 1. The Morgan fingerprint density at radius 3 is 2.71 bits per heavy atom. The molecule has 1 aliphatic carbocycles. The monoisotopic (exact) mass is 186 g/mol. The van der Waals surface area contributed by atoms with Crippen molar-refractivity contribution < 1.29 is 0 Å². The number of aromatic nitrogens is 1. The molecule has 2 rings (SSSR count). The van der Waals surface area contributed by atoms with Gasteiger partial charge in [0, 0.05) is 11.4 Å². The van der Waals surface area contributed by atoms with Crippen LogP contribution in [0.15, 0.2) is 6.08 Å². The first-order valence-electron chi connectivity index (χ1n) is 5.02. The van der Waals surface area contributed by atoms with Crippen LogP contribution in [0.4, 0.5) is 0 Å². The highest BCUT2D eigenvalue weighted by atomic mass is 14.7. The lowest BCUT2D eigenvalue weighted by atomic mass is 10.1. The molecule has 0 saturated carbocycles. The molecule has 0 atom stereocenters. The lowest BCUT2D eigenvalue weighted by Gasteiger charge is -1.99. The predicted octanol–water partition coefficient (Wildman–Crippen LogP) is 3.07. The minimum absolute atomic E-state index is 0.813. The summed E-state index contributed by atoms with van der Waals surface area (Å²) in [6.45, 7) is 3.99. The molecular formula is C12H14N2. The Balaban J connectivity index is 2.50. The lowest BCUT2D eigenvalue weighted by Crippen LogP contribution is -1.84. The molecule has 1 aromatic heterocycles. The molecule has 0 aliphatic heterocycles. The molecule has 0 aromatic carbocycles. The van der Waals surface area contributed by atoms with Crippen LogP contribution in [0.5, 0.6) is 0 Å². The summed E-state index contributed by atoms with van der Waals surface area (Å²) in [7, 11) is 0. The van der Waals surface area contributed by atoms with E-state index in [1.54, 1.807) is 0 Å². The molecule has 0 spiro atoms. The van der Waals surface area contributed by atoms with Gasteiger partial charge in [-0.1, -0.05) is 6.08 Å². The van der Waals surface area contributed by atoms with Crippen LogP contribution in [0.2, 0.25) is 0 Å². The molecule has 0 saturated heterocycles. The van der Waals surface area contributed by atoms with Crippen LogP contribution >= 0.6 is 0 Å². The Labute approximate surface area is 84.3 Å². The lowest BCUT2D eigenvalue weighted by molar-refractivity contribution is 0.932. The number of aromatic amines is 1. The van der Waals surface area contributed by atoms with Crippen LogP contribution in [0.3, 0.4) is 0 Å². The second kappa shape index (κ2) is 3.34. The maximum atomic E-state index is 8.97. The normalized spacial score (nSPS) is 15.4. The number of nitrogens with zero attached hydrogens (tertiary/aromatic N) is 1. The summed E-state index contributed by atoms with van der Waals surface area (Å²) in [6, 6.07) is 2.25. The first-order chi connectivity index (χ1) is 6.74. The average molecular weight is 186 g/mol. The van der Waals surface area contributed by atoms with Crippen LogP contribution < -0.4 is 0 Å². The number of rotatable bonds is 1. The van der Waals surface area contributed by atoms with Crippen LogP contribution in [-0.4, -0.2) is 4.98 Å². The minimum atomic E-state index is 0.813. The van der Waals surface area contributed by atoms with Crippen molar-refractivity contribution in [3.8, 4) is 6.07 Å². The van der Waals surface area contributed by atoms with Gasteiger partial charge in [-0.05, 0) is 44.2 Å². The van der Waals surface area contributed by atoms with Gasteiger partial charge in [0.2, 0.25) is 0 Å². The maximum absolute atomic E-state index is 8.97. The van der Waals surface area contributed by atoms with Gasteiger partial charge >= 0.3 is 0 Å². The van der Waals surface area contributed by atoms with E-state index >= 15 is 0 Å².